The molecule has 1 unspecified atom stereocenters. The zero-order chi connectivity index (χ0) is 12.5. The molecule has 4 heteroatoms. The van der Waals surface area contributed by atoms with Gasteiger partial charge in [-0.1, -0.05) is 29.8 Å². The van der Waals surface area contributed by atoms with Crippen molar-refractivity contribution in [2.45, 2.75) is 43.5 Å². The highest BCUT2D eigenvalue weighted by atomic mass is 35.5. The van der Waals surface area contributed by atoms with E-state index in [1.54, 1.807) is 6.07 Å². The Kier molecular flexibility index (Phi) is 3.71. The molecule has 1 saturated carbocycles. The summed E-state index contributed by atoms with van der Waals surface area (Å²) in [6.07, 6.45) is 0.707. The Morgan fingerprint density at radius 1 is 1.35 bits per heavy atom. The van der Waals surface area contributed by atoms with Crippen LogP contribution < -0.4 is 5.73 Å². The molecule has 0 radical (unpaired) electrons. The van der Waals surface area contributed by atoms with Crippen molar-refractivity contribution in [3.8, 4) is 0 Å². The van der Waals surface area contributed by atoms with E-state index in [2.05, 4.69) is 0 Å². The van der Waals surface area contributed by atoms with Crippen molar-refractivity contribution < 1.29 is 9.50 Å². The van der Waals surface area contributed by atoms with Crippen LogP contribution in [-0.4, -0.2) is 16.9 Å². The number of halogens is 2. The monoisotopic (exact) mass is 257 g/mol. The maximum Gasteiger partial charge on any atom is 0.100 e. The fraction of sp³-hybridized carbons (Fsp3) is 0.538. The van der Waals surface area contributed by atoms with Gasteiger partial charge < -0.3 is 10.8 Å². The minimum Gasteiger partial charge on any atom is -0.388 e. The van der Waals surface area contributed by atoms with E-state index in [4.69, 9.17) is 17.3 Å². The first-order valence-corrected chi connectivity index (χ1v) is 6.27. The van der Waals surface area contributed by atoms with Gasteiger partial charge in [0.25, 0.3) is 0 Å². The molecule has 0 bridgehead atoms. The molecule has 17 heavy (non-hydrogen) atoms. The maximum absolute atomic E-state index is 13.1. The molecular formula is C13H17ClFNO. The summed E-state index contributed by atoms with van der Waals surface area (Å²) in [6.45, 7) is 0. The molecule has 0 spiro atoms. The van der Waals surface area contributed by atoms with Gasteiger partial charge in [-0.15, -0.1) is 0 Å². The van der Waals surface area contributed by atoms with Gasteiger partial charge in [0.05, 0.1) is 11.6 Å². The largest absolute Gasteiger partial charge is 0.388 e. The van der Waals surface area contributed by atoms with Gasteiger partial charge in [-0.2, -0.15) is 0 Å². The van der Waals surface area contributed by atoms with E-state index in [9.17, 15) is 9.50 Å². The second-order valence-corrected chi connectivity index (χ2v) is 5.18. The lowest BCUT2D eigenvalue weighted by Crippen LogP contribution is -2.44. The van der Waals surface area contributed by atoms with E-state index >= 15 is 0 Å². The lowest BCUT2D eigenvalue weighted by molar-refractivity contribution is -0.0363. The van der Waals surface area contributed by atoms with Crippen LogP contribution in [0.15, 0.2) is 24.3 Å². The molecule has 0 amide bonds. The molecule has 94 valence electrons. The topological polar surface area (TPSA) is 46.2 Å². The third-order valence-electron chi connectivity index (χ3n) is 3.60. The van der Waals surface area contributed by atoms with Gasteiger partial charge in [-0.3, -0.25) is 0 Å². The summed E-state index contributed by atoms with van der Waals surface area (Å²) in [6, 6.07) is 6.67. The first kappa shape index (κ1) is 12.8. The van der Waals surface area contributed by atoms with Gasteiger partial charge in [-0.25, -0.2) is 4.39 Å². The minimum atomic E-state index is -1.03. The van der Waals surface area contributed by atoms with E-state index in [0.29, 0.717) is 30.7 Å². The maximum atomic E-state index is 13.1. The van der Waals surface area contributed by atoms with Crippen LogP contribution in [0.25, 0.3) is 0 Å². The molecule has 1 fully saturated rings. The average molecular weight is 258 g/mol. The molecule has 3 N–H and O–H groups in total. The Morgan fingerprint density at radius 2 is 1.94 bits per heavy atom. The van der Waals surface area contributed by atoms with Gasteiger partial charge in [0.2, 0.25) is 0 Å². The smallest absolute Gasteiger partial charge is 0.100 e. The van der Waals surface area contributed by atoms with E-state index in [0.717, 1.165) is 5.56 Å². The standard InChI is InChI=1S/C13H17ClFNO/c14-11-4-2-1-3-10(11)12(16)13(17)7-5-9(15)6-8-13/h1-4,9,12,17H,5-8,16H2/t9-,12?,13+. The molecule has 2 nitrogen and oxygen atoms in total. The summed E-state index contributed by atoms with van der Waals surface area (Å²) < 4.78 is 13.1. The fourth-order valence-corrected chi connectivity index (χ4v) is 2.66. The molecule has 0 saturated heterocycles. The Morgan fingerprint density at radius 3 is 2.53 bits per heavy atom. The quantitative estimate of drug-likeness (QED) is 0.856. The number of rotatable bonds is 2. The first-order chi connectivity index (χ1) is 8.03. The van der Waals surface area contributed by atoms with Gasteiger partial charge in [-0.05, 0) is 37.3 Å². The highest BCUT2D eigenvalue weighted by Gasteiger charge is 2.39. The van der Waals surface area contributed by atoms with E-state index in [1.165, 1.54) is 0 Å². The van der Waals surface area contributed by atoms with Crippen LogP contribution in [0, 0.1) is 0 Å². The normalized spacial score (nSPS) is 31.2. The number of nitrogens with two attached hydrogens (primary N) is 1. The predicted molar refractivity (Wildman–Crippen MR) is 66.7 cm³/mol. The lowest BCUT2D eigenvalue weighted by Gasteiger charge is -2.38. The van der Waals surface area contributed by atoms with Crippen molar-refractivity contribution in [3.63, 3.8) is 0 Å². The van der Waals surface area contributed by atoms with Crippen molar-refractivity contribution in [2.24, 2.45) is 5.73 Å². The minimum absolute atomic E-state index is 0.370. The Hall–Kier alpha value is -0.640. The van der Waals surface area contributed by atoms with Crippen LogP contribution in [0.5, 0.6) is 0 Å². The molecule has 1 aliphatic carbocycles. The third-order valence-corrected chi connectivity index (χ3v) is 3.94. The van der Waals surface area contributed by atoms with Crippen molar-refractivity contribution in [1.29, 1.82) is 0 Å². The van der Waals surface area contributed by atoms with Crippen LogP contribution in [0.3, 0.4) is 0 Å². The number of hydrogen-bond donors (Lipinski definition) is 2. The highest BCUT2D eigenvalue weighted by Crippen LogP contribution is 2.39. The zero-order valence-corrected chi connectivity index (χ0v) is 10.3. The summed E-state index contributed by atoms with van der Waals surface area (Å²) in [5, 5.41) is 11.0. The molecule has 1 atom stereocenters. The highest BCUT2D eigenvalue weighted by molar-refractivity contribution is 6.31. The lowest BCUT2D eigenvalue weighted by atomic mass is 9.77. The summed E-state index contributed by atoms with van der Waals surface area (Å²) in [5.74, 6) is 0. The molecule has 0 aliphatic heterocycles. The Balaban J connectivity index is 2.20. The van der Waals surface area contributed by atoms with Crippen LogP contribution in [-0.2, 0) is 0 Å². The number of benzene rings is 1. The van der Waals surface area contributed by atoms with Gasteiger partial charge in [0, 0.05) is 5.02 Å². The predicted octanol–water partition coefficient (Wildman–Crippen LogP) is 2.98. The Bertz CT molecular complexity index is 391. The molecule has 0 aromatic heterocycles. The van der Waals surface area contributed by atoms with E-state index in [-0.39, 0.29) is 0 Å². The summed E-state index contributed by atoms with van der Waals surface area (Å²) in [4.78, 5) is 0. The molecular weight excluding hydrogens is 241 g/mol. The van der Waals surface area contributed by atoms with Crippen LogP contribution in [0.2, 0.25) is 5.02 Å². The Labute approximate surface area is 106 Å². The summed E-state index contributed by atoms with van der Waals surface area (Å²) in [7, 11) is 0. The second kappa shape index (κ2) is 4.92. The second-order valence-electron chi connectivity index (χ2n) is 4.78. The zero-order valence-electron chi connectivity index (χ0n) is 9.57. The first-order valence-electron chi connectivity index (χ1n) is 5.89. The molecule has 0 heterocycles. The third kappa shape index (κ3) is 2.62. The van der Waals surface area contributed by atoms with E-state index < -0.39 is 17.8 Å². The average Bonchev–Trinajstić information content (AvgIpc) is 2.33. The van der Waals surface area contributed by atoms with Crippen molar-refractivity contribution in [1.82, 2.24) is 0 Å². The van der Waals surface area contributed by atoms with Crippen molar-refractivity contribution >= 4 is 11.6 Å². The van der Waals surface area contributed by atoms with Crippen molar-refractivity contribution in [2.75, 3.05) is 0 Å². The number of aliphatic hydroxyl groups is 1. The van der Waals surface area contributed by atoms with Crippen molar-refractivity contribution in [3.05, 3.63) is 34.9 Å². The summed E-state index contributed by atoms with van der Waals surface area (Å²) >= 11 is 6.06. The molecule has 1 aromatic rings. The number of hydrogen-bond acceptors (Lipinski definition) is 2. The van der Waals surface area contributed by atoms with Crippen LogP contribution in [0.4, 0.5) is 4.39 Å². The van der Waals surface area contributed by atoms with E-state index in [1.807, 2.05) is 18.2 Å². The molecule has 1 aromatic carbocycles. The van der Waals surface area contributed by atoms with Gasteiger partial charge in [0.15, 0.2) is 0 Å². The summed E-state index contributed by atoms with van der Waals surface area (Å²) in [5.41, 5.74) is 5.79. The number of alkyl halides is 1. The molecule has 1 aliphatic rings. The van der Waals surface area contributed by atoms with Crippen LogP contribution >= 0.6 is 11.6 Å². The fourth-order valence-electron chi connectivity index (χ4n) is 2.41. The SMILES string of the molecule is NC(c1ccccc1Cl)[C@]1(O)CC[C@@H](F)CC1. The van der Waals surface area contributed by atoms with Crippen LogP contribution in [0.1, 0.15) is 37.3 Å². The van der Waals surface area contributed by atoms with Gasteiger partial charge in [0.1, 0.15) is 6.17 Å². The molecule has 2 rings (SSSR count). The van der Waals surface area contributed by atoms with Gasteiger partial charge >= 0.3 is 0 Å².